The lowest BCUT2D eigenvalue weighted by Gasteiger charge is -2.33. The van der Waals surface area contributed by atoms with Crippen LogP contribution in [-0.2, 0) is 5.41 Å². The Kier molecular flexibility index (Phi) is 7.19. The molecule has 0 fully saturated rings. The summed E-state index contributed by atoms with van der Waals surface area (Å²) in [5.41, 5.74) is 6.01. The van der Waals surface area contributed by atoms with E-state index >= 15 is 0 Å². The standard InChI is InChI=1S/C35H32O3/c1-3-22-38-30-18-14-27(15-19-30)35(2,28-16-20-33(36)31(23-28)25-10-6-4-7-11-25)29-17-21-34(37)32(24-29)26-12-8-5-9-13-26/h4-21,23-24,36-37H,3,22H2,1-2H3. The first-order valence-electron chi connectivity index (χ1n) is 13.0. The molecule has 38 heavy (non-hydrogen) atoms. The molecule has 0 atom stereocenters. The fraction of sp³-hybridized carbons (Fsp3) is 0.143. The van der Waals surface area contributed by atoms with Crippen molar-refractivity contribution in [2.45, 2.75) is 25.7 Å². The molecule has 0 aliphatic heterocycles. The van der Waals surface area contributed by atoms with E-state index in [1.807, 2.05) is 84.9 Å². The van der Waals surface area contributed by atoms with Crippen molar-refractivity contribution >= 4 is 0 Å². The summed E-state index contributed by atoms with van der Waals surface area (Å²) in [7, 11) is 0. The van der Waals surface area contributed by atoms with E-state index in [9.17, 15) is 10.2 Å². The van der Waals surface area contributed by atoms with Gasteiger partial charge in [-0.15, -0.1) is 0 Å². The van der Waals surface area contributed by atoms with Gasteiger partial charge < -0.3 is 14.9 Å². The van der Waals surface area contributed by atoms with E-state index in [0.29, 0.717) is 6.61 Å². The maximum atomic E-state index is 10.8. The first-order valence-corrected chi connectivity index (χ1v) is 13.0. The maximum absolute atomic E-state index is 10.8. The molecule has 5 aromatic carbocycles. The summed E-state index contributed by atoms with van der Waals surface area (Å²) in [6.45, 7) is 4.96. The van der Waals surface area contributed by atoms with Crippen LogP contribution in [0.3, 0.4) is 0 Å². The quantitative estimate of drug-likeness (QED) is 0.210. The van der Waals surface area contributed by atoms with Crippen LogP contribution in [0.2, 0.25) is 0 Å². The van der Waals surface area contributed by atoms with Gasteiger partial charge in [-0.05, 0) is 77.6 Å². The van der Waals surface area contributed by atoms with Crippen molar-refractivity contribution in [2.24, 2.45) is 0 Å². The number of hydrogen-bond acceptors (Lipinski definition) is 3. The molecule has 3 heteroatoms. The molecule has 5 aromatic rings. The van der Waals surface area contributed by atoms with Gasteiger partial charge in [-0.25, -0.2) is 0 Å². The third-order valence-corrected chi connectivity index (χ3v) is 7.22. The molecular weight excluding hydrogens is 468 g/mol. The van der Waals surface area contributed by atoms with Crippen LogP contribution in [0.1, 0.15) is 37.0 Å². The molecule has 0 bridgehead atoms. The summed E-state index contributed by atoms with van der Waals surface area (Å²) < 4.78 is 5.85. The van der Waals surface area contributed by atoms with Crippen molar-refractivity contribution in [3.8, 4) is 39.5 Å². The van der Waals surface area contributed by atoms with Crippen LogP contribution in [0.15, 0.2) is 121 Å². The average Bonchev–Trinajstić information content (AvgIpc) is 2.97. The first kappa shape index (κ1) is 25.2. The minimum Gasteiger partial charge on any atom is -0.507 e. The molecule has 0 unspecified atom stereocenters. The summed E-state index contributed by atoms with van der Waals surface area (Å²) in [4.78, 5) is 0. The van der Waals surface area contributed by atoms with Gasteiger partial charge in [0.1, 0.15) is 17.2 Å². The lowest BCUT2D eigenvalue weighted by Crippen LogP contribution is -2.25. The van der Waals surface area contributed by atoms with E-state index in [0.717, 1.165) is 51.1 Å². The first-order chi connectivity index (χ1) is 18.5. The Hall–Kier alpha value is -4.50. The van der Waals surface area contributed by atoms with Crippen molar-refractivity contribution in [2.75, 3.05) is 6.61 Å². The molecule has 5 rings (SSSR count). The normalized spacial score (nSPS) is 11.3. The van der Waals surface area contributed by atoms with Gasteiger partial charge in [-0.3, -0.25) is 0 Å². The van der Waals surface area contributed by atoms with Gasteiger partial charge in [0.15, 0.2) is 0 Å². The van der Waals surface area contributed by atoms with E-state index < -0.39 is 5.41 Å². The number of phenols is 2. The second-order valence-electron chi connectivity index (χ2n) is 9.69. The minimum absolute atomic E-state index is 0.237. The Bertz CT molecular complexity index is 1420. The fourth-order valence-corrected chi connectivity index (χ4v) is 5.00. The van der Waals surface area contributed by atoms with Gasteiger partial charge in [0.2, 0.25) is 0 Å². The summed E-state index contributed by atoms with van der Waals surface area (Å²) in [5.74, 6) is 1.31. The molecule has 0 aliphatic rings. The summed E-state index contributed by atoms with van der Waals surface area (Å²) in [6.07, 6.45) is 0.949. The summed E-state index contributed by atoms with van der Waals surface area (Å²) in [6, 6.07) is 39.7. The SMILES string of the molecule is CCCOc1ccc(C(C)(c2ccc(O)c(-c3ccccc3)c2)c2ccc(O)c(-c3ccccc3)c2)cc1. The zero-order valence-electron chi connectivity index (χ0n) is 21.8. The van der Waals surface area contributed by atoms with E-state index in [1.165, 1.54) is 0 Å². The van der Waals surface area contributed by atoms with Crippen molar-refractivity contribution in [3.63, 3.8) is 0 Å². The van der Waals surface area contributed by atoms with E-state index in [1.54, 1.807) is 12.1 Å². The van der Waals surface area contributed by atoms with Gasteiger partial charge in [-0.2, -0.15) is 0 Å². The predicted octanol–water partition coefficient (Wildman–Crippen LogP) is 8.57. The van der Waals surface area contributed by atoms with Gasteiger partial charge >= 0.3 is 0 Å². The van der Waals surface area contributed by atoms with E-state index in [-0.39, 0.29) is 11.5 Å². The maximum Gasteiger partial charge on any atom is 0.123 e. The Morgan fingerprint density at radius 3 is 1.47 bits per heavy atom. The number of aromatic hydroxyl groups is 2. The van der Waals surface area contributed by atoms with Crippen LogP contribution in [-0.4, -0.2) is 16.8 Å². The smallest absolute Gasteiger partial charge is 0.123 e. The van der Waals surface area contributed by atoms with Gasteiger partial charge in [-0.1, -0.05) is 91.9 Å². The third-order valence-electron chi connectivity index (χ3n) is 7.22. The average molecular weight is 501 g/mol. The second-order valence-corrected chi connectivity index (χ2v) is 9.69. The van der Waals surface area contributed by atoms with Crippen molar-refractivity contribution in [1.82, 2.24) is 0 Å². The Morgan fingerprint density at radius 2 is 1.03 bits per heavy atom. The molecule has 0 amide bonds. The van der Waals surface area contributed by atoms with Crippen LogP contribution < -0.4 is 4.74 Å². The molecule has 0 aliphatic carbocycles. The van der Waals surface area contributed by atoms with Crippen molar-refractivity contribution < 1.29 is 14.9 Å². The van der Waals surface area contributed by atoms with Crippen molar-refractivity contribution in [1.29, 1.82) is 0 Å². The van der Waals surface area contributed by atoms with Gasteiger partial charge in [0.05, 0.1) is 6.61 Å². The summed E-state index contributed by atoms with van der Waals surface area (Å²) in [5, 5.41) is 21.6. The van der Waals surface area contributed by atoms with Crippen LogP contribution in [0, 0.1) is 0 Å². The predicted molar refractivity (Wildman–Crippen MR) is 155 cm³/mol. The molecule has 0 aromatic heterocycles. The van der Waals surface area contributed by atoms with Crippen LogP contribution in [0.5, 0.6) is 17.2 Å². The molecule has 0 heterocycles. The second kappa shape index (κ2) is 10.9. The molecule has 0 spiro atoms. The van der Waals surface area contributed by atoms with Gasteiger partial charge in [0.25, 0.3) is 0 Å². The third kappa shape index (κ3) is 4.88. The minimum atomic E-state index is -0.586. The molecule has 2 N–H and O–H groups in total. The van der Waals surface area contributed by atoms with Crippen LogP contribution in [0.25, 0.3) is 22.3 Å². The Balaban J connectivity index is 1.70. The molecule has 0 saturated carbocycles. The molecular formula is C35H32O3. The zero-order chi connectivity index (χ0) is 26.5. The molecule has 0 saturated heterocycles. The highest BCUT2D eigenvalue weighted by molar-refractivity contribution is 5.74. The highest BCUT2D eigenvalue weighted by Gasteiger charge is 2.33. The summed E-state index contributed by atoms with van der Waals surface area (Å²) >= 11 is 0. The Labute approximate surface area is 224 Å². The van der Waals surface area contributed by atoms with E-state index in [2.05, 4.69) is 38.1 Å². The fourth-order valence-electron chi connectivity index (χ4n) is 5.00. The highest BCUT2D eigenvalue weighted by atomic mass is 16.5. The highest BCUT2D eigenvalue weighted by Crippen LogP contribution is 2.44. The largest absolute Gasteiger partial charge is 0.507 e. The number of rotatable bonds is 8. The number of ether oxygens (including phenoxy) is 1. The van der Waals surface area contributed by atoms with E-state index in [4.69, 9.17) is 4.74 Å². The number of hydrogen-bond donors (Lipinski definition) is 2. The monoisotopic (exact) mass is 500 g/mol. The lowest BCUT2D eigenvalue weighted by molar-refractivity contribution is 0.317. The lowest BCUT2D eigenvalue weighted by atomic mass is 9.70. The number of benzene rings is 5. The zero-order valence-corrected chi connectivity index (χ0v) is 21.8. The topological polar surface area (TPSA) is 49.7 Å². The molecule has 0 radical (unpaired) electrons. The molecule has 3 nitrogen and oxygen atoms in total. The Morgan fingerprint density at radius 1 is 0.579 bits per heavy atom. The molecule has 190 valence electrons. The van der Waals surface area contributed by atoms with Crippen LogP contribution in [0.4, 0.5) is 0 Å². The van der Waals surface area contributed by atoms with Crippen LogP contribution >= 0.6 is 0 Å². The van der Waals surface area contributed by atoms with Crippen molar-refractivity contribution in [3.05, 3.63) is 138 Å². The number of phenolic OH excluding ortho intramolecular Hbond substituents is 2. The van der Waals surface area contributed by atoms with Gasteiger partial charge in [0, 0.05) is 16.5 Å².